The highest BCUT2D eigenvalue weighted by atomic mass is 16.5. The summed E-state index contributed by atoms with van der Waals surface area (Å²) < 4.78 is 6.00. The number of carbonyl (C=O) groups is 1. The van der Waals surface area contributed by atoms with Crippen LogP contribution in [-0.2, 0) is 0 Å². The molecule has 0 aliphatic carbocycles. The molecular weight excluding hydrogens is 238 g/mol. The largest absolute Gasteiger partial charge is 0.490 e. The number of nitrogens with zero attached hydrogens (tertiary/aromatic N) is 1. The van der Waals surface area contributed by atoms with Crippen molar-refractivity contribution in [3.05, 3.63) is 29.8 Å². The van der Waals surface area contributed by atoms with Crippen molar-refractivity contribution in [2.75, 3.05) is 20.1 Å². The van der Waals surface area contributed by atoms with Gasteiger partial charge in [-0.1, -0.05) is 0 Å². The topological polar surface area (TPSA) is 29.5 Å². The molecule has 2 atom stereocenters. The van der Waals surface area contributed by atoms with Crippen LogP contribution in [0.25, 0.3) is 0 Å². The quantitative estimate of drug-likeness (QED) is 0.780. The number of likely N-dealkylation sites (tertiary alicyclic amines) is 1. The van der Waals surface area contributed by atoms with E-state index in [1.807, 2.05) is 24.3 Å². The van der Waals surface area contributed by atoms with E-state index in [1.54, 1.807) is 6.92 Å². The molecule has 2 unspecified atom stereocenters. The number of rotatable bonds is 4. The summed E-state index contributed by atoms with van der Waals surface area (Å²) in [5, 5.41) is 0. The lowest BCUT2D eigenvalue weighted by Gasteiger charge is -2.33. The van der Waals surface area contributed by atoms with Crippen molar-refractivity contribution in [3.63, 3.8) is 0 Å². The van der Waals surface area contributed by atoms with Crippen LogP contribution in [0.2, 0.25) is 0 Å². The fourth-order valence-corrected chi connectivity index (χ4v) is 2.67. The highest BCUT2D eigenvalue weighted by Gasteiger charge is 2.24. The Kier molecular flexibility index (Phi) is 4.59. The molecule has 1 aromatic carbocycles. The molecule has 0 spiro atoms. The van der Waals surface area contributed by atoms with Crippen LogP contribution in [0.3, 0.4) is 0 Å². The number of hydrogen-bond donors (Lipinski definition) is 0. The summed E-state index contributed by atoms with van der Waals surface area (Å²) in [7, 11) is 2.17. The summed E-state index contributed by atoms with van der Waals surface area (Å²) >= 11 is 0. The van der Waals surface area contributed by atoms with Crippen molar-refractivity contribution in [1.29, 1.82) is 0 Å². The van der Waals surface area contributed by atoms with Crippen LogP contribution in [0, 0.1) is 5.92 Å². The van der Waals surface area contributed by atoms with Crippen LogP contribution in [0.1, 0.15) is 37.0 Å². The number of benzene rings is 1. The predicted molar refractivity (Wildman–Crippen MR) is 76.8 cm³/mol. The van der Waals surface area contributed by atoms with Gasteiger partial charge in [-0.25, -0.2) is 0 Å². The standard InChI is InChI=1S/C16H23NO2/c1-12(18)14-6-8-16(9-7-14)19-13(2)15-5-4-10-17(3)11-15/h6-9,13,15H,4-5,10-11H2,1-3H3. The zero-order chi connectivity index (χ0) is 13.8. The highest BCUT2D eigenvalue weighted by Crippen LogP contribution is 2.23. The normalized spacial score (nSPS) is 21.9. The van der Waals surface area contributed by atoms with E-state index in [1.165, 1.54) is 19.4 Å². The molecule has 3 heteroatoms. The van der Waals surface area contributed by atoms with E-state index in [0.29, 0.717) is 5.92 Å². The maximum absolute atomic E-state index is 11.2. The average Bonchev–Trinajstić information content (AvgIpc) is 2.39. The van der Waals surface area contributed by atoms with E-state index in [9.17, 15) is 4.79 Å². The van der Waals surface area contributed by atoms with Crippen LogP contribution >= 0.6 is 0 Å². The van der Waals surface area contributed by atoms with Gasteiger partial charge in [-0.3, -0.25) is 4.79 Å². The van der Waals surface area contributed by atoms with Gasteiger partial charge in [-0.15, -0.1) is 0 Å². The van der Waals surface area contributed by atoms with Crippen LogP contribution in [0.15, 0.2) is 24.3 Å². The van der Waals surface area contributed by atoms with E-state index >= 15 is 0 Å². The van der Waals surface area contributed by atoms with Gasteiger partial charge in [-0.05, 0) is 64.5 Å². The molecule has 1 aliphatic rings. The molecule has 1 heterocycles. The summed E-state index contributed by atoms with van der Waals surface area (Å²) in [6.45, 7) is 6.02. The third-order valence-electron chi connectivity index (χ3n) is 3.91. The Morgan fingerprint density at radius 1 is 1.37 bits per heavy atom. The lowest BCUT2D eigenvalue weighted by molar-refractivity contribution is 0.0900. The molecule has 0 saturated carbocycles. The van der Waals surface area contributed by atoms with Crippen molar-refractivity contribution in [3.8, 4) is 5.75 Å². The minimum Gasteiger partial charge on any atom is -0.490 e. The Labute approximate surface area is 115 Å². The first kappa shape index (κ1) is 14.1. The number of Topliss-reactive ketones (excluding diaryl/α,β-unsaturated/α-hetero) is 1. The van der Waals surface area contributed by atoms with Crippen molar-refractivity contribution >= 4 is 5.78 Å². The lowest BCUT2D eigenvalue weighted by atomic mass is 9.93. The predicted octanol–water partition coefficient (Wildman–Crippen LogP) is 3.00. The van der Waals surface area contributed by atoms with Gasteiger partial charge in [0, 0.05) is 18.0 Å². The molecule has 104 valence electrons. The van der Waals surface area contributed by atoms with Gasteiger partial charge in [0.15, 0.2) is 5.78 Å². The molecule has 1 fully saturated rings. The van der Waals surface area contributed by atoms with E-state index in [2.05, 4.69) is 18.9 Å². The fourth-order valence-electron chi connectivity index (χ4n) is 2.67. The molecular formula is C16H23NO2. The van der Waals surface area contributed by atoms with Crippen LogP contribution in [0.5, 0.6) is 5.75 Å². The zero-order valence-electron chi connectivity index (χ0n) is 12.1. The maximum atomic E-state index is 11.2. The maximum Gasteiger partial charge on any atom is 0.159 e. The minimum atomic E-state index is 0.0912. The molecule has 1 saturated heterocycles. The second kappa shape index (κ2) is 6.20. The molecule has 19 heavy (non-hydrogen) atoms. The van der Waals surface area contributed by atoms with Gasteiger partial charge in [-0.2, -0.15) is 0 Å². The highest BCUT2D eigenvalue weighted by molar-refractivity contribution is 5.94. The molecule has 0 bridgehead atoms. The summed E-state index contributed by atoms with van der Waals surface area (Å²) in [5.74, 6) is 1.53. The number of piperidine rings is 1. The molecule has 1 aliphatic heterocycles. The van der Waals surface area contributed by atoms with Crippen LogP contribution < -0.4 is 4.74 Å². The fraction of sp³-hybridized carbons (Fsp3) is 0.562. The number of hydrogen-bond acceptors (Lipinski definition) is 3. The van der Waals surface area contributed by atoms with Gasteiger partial charge >= 0.3 is 0 Å². The number of carbonyl (C=O) groups excluding carboxylic acids is 1. The monoisotopic (exact) mass is 261 g/mol. The zero-order valence-corrected chi connectivity index (χ0v) is 12.1. The van der Waals surface area contributed by atoms with Gasteiger partial charge in [0.1, 0.15) is 5.75 Å². The first-order valence-corrected chi connectivity index (χ1v) is 7.02. The third-order valence-corrected chi connectivity index (χ3v) is 3.91. The molecule has 0 radical (unpaired) electrons. The third kappa shape index (κ3) is 3.80. The average molecular weight is 261 g/mol. The SMILES string of the molecule is CC(=O)c1ccc(OC(C)C2CCCN(C)C2)cc1. The van der Waals surface area contributed by atoms with Crippen molar-refractivity contribution in [2.24, 2.45) is 5.92 Å². The van der Waals surface area contributed by atoms with Crippen molar-refractivity contribution < 1.29 is 9.53 Å². The lowest BCUT2D eigenvalue weighted by Crippen LogP contribution is -2.39. The molecule has 0 amide bonds. The van der Waals surface area contributed by atoms with Gasteiger partial charge < -0.3 is 9.64 Å². The van der Waals surface area contributed by atoms with E-state index < -0.39 is 0 Å². The minimum absolute atomic E-state index is 0.0912. The Morgan fingerprint density at radius 2 is 2.05 bits per heavy atom. The molecule has 0 aromatic heterocycles. The van der Waals surface area contributed by atoms with Gasteiger partial charge in [0.25, 0.3) is 0 Å². The molecule has 3 nitrogen and oxygen atoms in total. The number of ether oxygens (including phenoxy) is 1. The van der Waals surface area contributed by atoms with Crippen molar-refractivity contribution in [1.82, 2.24) is 4.90 Å². The van der Waals surface area contributed by atoms with Gasteiger partial charge in [0.05, 0.1) is 6.10 Å². The summed E-state index contributed by atoms with van der Waals surface area (Å²) in [4.78, 5) is 13.6. The first-order valence-electron chi connectivity index (χ1n) is 7.02. The van der Waals surface area contributed by atoms with Gasteiger partial charge in [0.2, 0.25) is 0 Å². The molecule has 1 aromatic rings. The second-order valence-corrected chi connectivity index (χ2v) is 5.57. The Morgan fingerprint density at radius 3 is 2.63 bits per heavy atom. The summed E-state index contributed by atoms with van der Waals surface area (Å²) in [6.07, 6.45) is 2.70. The summed E-state index contributed by atoms with van der Waals surface area (Å²) in [5.41, 5.74) is 0.734. The van der Waals surface area contributed by atoms with Crippen molar-refractivity contribution in [2.45, 2.75) is 32.8 Å². The first-order chi connectivity index (χ1) is 9.06. The second-order valence-electron chi connectivity index (χ2n) is 5.57. The smallest absolute Gasteiger partial charge is 0.159 e. The van der Waals surface area contributed by atoms with E-state index in [-0.39, 0.29) is 11.9 Å². The Bertz CT molecular complexity index is 427. The number of ketones is 1. The molecule has 2 rings (SSSR count). The van der Waals surface area contributed by atoms with E-state index in [0.717, 1.165) is 17.9 Å². The van der Waals surface area contributed by atoms with Crippen LogP contribution in [0.4, 0.5) is 0 Å². The Hall–Kier alpha value is -1.35. The summed E-state index contributed by atoms with van der Waals surface area (Å²) in [6, 6.07) is 7.44. The van der Waals surface area contributed by atoms with Crippen LogP contribution in [-0.4, -0.2) is 36.9 Å². The molecule has 0 N–H and O–H groups in total. The van der Waals surface area contributed by atoms with E-state index in [4.69, 9.17) is 4.74 Å². The Balaban J connectivity index is 1.94.